The van der Waals surface area contributed by atoms with Crippen LogP contribution in [0.5, 0.6) is 11.5 Å². The molecule has 0 aromatic heterocycles. The molecule has 0 amide bonds. The van der Waals surface area contributed by atoms with E-state index in [0.29, 0.717) is 16.3 Å². The molecule has 4 nitrogen and oxygen atoms in total. The molecule has 0 spiro atoms. The third-order valence-electron chi connectivity index (χ3n) is 2.39. The van der Waals surface area contributed by atoms with E-state index in [2.05, 4.69) is 4.74 Å². The molecule has 0 atom stereocenters. The number of methoxy groups -OCH3 is 1. The highest BCUT2D eigenvalue weighted by molar-refractivity contribution is 5.99. The maximum atomic E-state index is 11.3. The summed E-state index contributed by atoms with van der Waals surface area (Å²) >= 11 is 0. The largest absolute Gasteiger partial charge is 0.507 e. The summed E-state index contributed by atoms with van der Waals surface area (Å²) in [6, 6.07) is 7.36. The van der Waals surface area contributed by atoms with Crippen LogP contribution in [0.2, 0.25) is 0 Å². The van der Waals surface area contributed by atoms with Crippen molar-refractivity contribution in [3.05, 3.63) is 35.9 Å². The van der Waals surface area contributed by atoms with E-state index in [1.54, 1.807) is 6.07 Å². The quantitative estimate of drug-likeness (QED) is 0.567. The molecule has 16 heavy (non-hydrogen) atoms. The smallest absolute Gasteiger partial charge is 0.337 e. The van der Waals surface area contributed by atoms with Gasteiger partial charge in [-0.2, -0.15) is 0 Å². The fraction of sp³-hybridized carbons (Fsp3) is 0.0833. The molecule has 82 valence electrons. The van der Waals surface area contributed by atoms with E-state index in [4.69, 9.17) is 0 Å². The summed E-state index contributed by atoms with van der Waals surface area (Å²) < 4.78 is 4.57. The van der Waals surface area contributed by atoms with E-state index in [-0.39, 0.29) is 11.5 Å². The standard InChI is InChI=1S/C12H10O4/c1-16-12(15)7-2-3-8-9(6-7)11(14)5-4-10(8)13/h2-6,13-14H,1H3. The van der Waals surface area contributed by atoms with Gasteiger partial charge in [0.05, 0.1) is 12.7 Å². The molecular formula is C12H10O4. The monoisotopic (exact) mass is 218 g/mol. The van der Waals surface area contributed by atoms with Crippen molar-refractivity contribution >= 4 is 16.7 Å². The summed E-state index contributed by atoms with van der Waals surface area (Å²) in [5.41, 5.74) is 0.330. The molecule has 2 N–H and O–H groups in total. The lowest BCUT2D eigenvalue weighted by Gasteiger charge is -2.05. The molecule has 0 unspecified atom stereocenters. The topological polar surface area (TPSA) is 66.8 Å². The van der Waals surface area contributed by atoms with E-state index >= 15 is 0 Å². The van der Waals surface area contributed by atoms with Crippen LogP contribution in [0.25, 0.3) is 10.8 Å². The molecule has 0 aliphatic carbocycles. The van der Waals surface area contributed by atoms with Crippen molar-refractivity contribution in [3.63, 3.8) is 0 Å². The van der Waals surface area contributed by atoms with Crippen LogP contribution in [0, 0.1) is 0 Å². The highest BCUT2D eigenvalue weighted by Gasteiger charge is 2.09. The van der Waals surface area contributed by atoms with Gasteiger partial charge in [-0.25, -0.2) is 4.79 Å². The molecule has 4 heteroatoms. The Hall–Kier alpha value is -2.23. The third kappa shape index (κ3) is 1.54. The molecule has 0 saturated carbocycles. The van der Waals surface area contributed by atoms with Gasteiger partial charge >= 0.3 is 5.97 Å². The van der Waals surface area contributed by atoms with Crippen molar-refractivity contribution in [2.75, 3.05) is 7.11 Å². The summed E-state index contributed by atoms with van der Waals surface area (Å²) in [5.74, 6) is -0.410. The number of carbonyl (C=O) groups excluding carboxylic acids is 1. The average Bonchev–Trinajstić information content (AvgIpc) is 2.32. The SMILES string of the molecule is COC(=O)c1ccc2c(O)ccc(O)c2c1. The first-order chi connectivity index (χ1) is 7.63. The number of rotatable bonds is 1. The molecule has 2 rings (SSSR count). The van der Waals surface area contributed by atoms with Gasteiger partial charge in [-0.05, 0) is 30.3 Å². The Morgan fingerprint density at radius 1 is 1.06 bits per heavy atom. The van der Waals surface area contributed by atoms with Crippen molar-refractivity contribution < 1.29 is 19.7 Å². The van der Waals surface area contributed by atoms with Crippen LogP contribution in [0.15, 0.2) is 30.3 Å². The second-order valence-electron chi connectivity index (χ2n) is 3.36. The predicted octanol–water partition coefficient (Wildman–Crippen LogP) is 2.04. The minimum absolute atomic E-state index is 0.0125. The molecule has 0 aliphatic rings. The molecule has 2 aromatic rings. The second-order valence-corrected chi connectivity index (χ2v) is 3.36. The lowest BCUT2D eigenvalue weighted by atomic mass is 10.1. The number of phenols is 2. The van der Waals surface area contributed by atoms with Crippen molar-refractivity contribution in [1.82, 2.24) is 0 Å². The average molecular weight is 218 g/mol. The zero-order chi connectivity index (χ0) is 11.7. The molecule has 2 aromatic carbocycles. The zero-order valence-corrected chi connectivity index (χ0v) is 8.60. The third-order valence-corrected chi connectivity index (χ3v) is 2.39. The van der Waals surface area contributed by atoms with E-state index in [1.807, 2.05) is 0 Å². The van der Waals surface area contributed by atoms with E-state index in [1.165, 1.54) is 31.4 Å². The Bertz CT molecular complexity index is 560. The number of fused-ring (bicyclic) bond motifs is 1. The molecule has 0 radical (unpaired) electrons. The summed E-state index contributed by atoms with van der Waals surface area (Å²) in [4.78, 5) is 11.3. The number of esters is 1. The number of hydrogen-bond donors (Lipinski definition) is 2. The van der Waals surface area contributed by atoms with Gasteiger partial charge < -0.3 is 14.9 Å². The van der Waals surface area contributed by atoms with Gasteiger partial charge in [-0.15, -0.1) is 0 Å². The minimum atomic E-state index is -0.482. The number of hydrogen-bond acceptors (Lipinski definition) is 4. The lowest BCUT2D eigenvalue weighted by Crippen LogP contribution is -2.00. The first kappa shape index (κ1) is 10.3. The molecule has 0 bridgehead atoms. The molecule has 0 saturated heterocycles. The van der Waals surface area contributed by atoms with Gasteiger partial charge in [0.25, 0.3) is 0 Å². The van der Waals surface area contributed by atoms with Crippen LogP contribution in [-0.2, 0) is 4.74 Å². The van der Waals surface area contributed by atoms with Gasteiger partial charge in [0.1, 0.15) is 11.5 Å². The van der Waals surface area contributed by atoms with E-state index in [9.17, 15) is 15.0 Å². The molecule has 0 heterocycles. The lowest BCUT2D eigenvalue weighted by molar-refractivity contribution is 0.0601. The molecule has 0 fully saturated rings. The predicted molar refractivity (Wildman–Crippen MR) is 58.6 cm³/mol. The van der Waals surface area contributed by atoms with Gasteiger partial charge in [-0.1, -0.05) is 0 Å². The van der Waals surface area contributed by atoms with Crippen molar-refractivity contribution in [2.45, 2.75) is 0 Å². The van der Waals surface area contributed by atoms with Crippen LogP contribution in [0.3, 0.4) is 0 Å². The number of ether oxygens (including phenoxy) is 1. The second kappa shape index (κ2) is 3.73. The van der Waals surface area contributed by atoms with Crippen LogP contribution in [-0.4, -0.2) is 23.3 Å². The number of aromatic hydroxyl groups is 2. The van der Waals surface area contributed by atoms with Crippen LogP contribution in [0.1, 0.15) is 10.4 Å². The normalized spacial score (nSPS) is 10.3. The first-order valence-electron chi connectivity index (χ1n) is 4.66. The first-order valence-corrected chi connectivity index (χ1v) is 4.66. The van der Waals surface area contributed by atoms with Gasteiger partial charge in [0.2, 0.25) is 0 Å². The fourth-order valence-electron chi connectivity index (χ4n) is 1.56. The molecular weight excluding hydrogens is 208 g/mol. The van der Waals surface area contributed by atoms with Crippen molar-refractivity contribution in [3.8, 4) is 11.5 Å². The Morgan fingerprint density at radius 2 is 1.69 bits per heavy atom. The zero-order valence-electron chi connectivity index (χ0n) is 8.60. The van der Waals surface area contributed by atoms with Crippen LogP contribution >= 0.6 is 0 Å². The van der Waals surface area contributed by atoms with Crippen molar-refractivity contribution in [2.24, 2.45) is 0 Å². The number of phenolic OH excluding ortho intramolecular Hbond substituents is 2. The van der Waals surface area contributed by atoms with Crippen molar-refractivity contribution in [1.29, 1.82) is 0 Å². The Balaban J connectivity index is 2.70. The number of benzene rings is 2. The summed E-state index contributed by atoms with van der Waals surface area (Å²) in [5, 5.41) is 20.1. The molecule has 0 aliphatic heterocycles. The van der Waals surface area contributed by atoms with Gasteiger partial charge in [-0.3, -0.25) is 0 Å². The Labute approximate surface area is 91.7 Å². The summed E-state index contributed by atoms with van der Waals surface area (Å²) in [6.07, 6.45) is 0. The highest BCUT2D eigenvalue weighted by Crippen LogP contribution is 2.32. The van der Waals surface area contributed by atoms with Crippen LogP contribution in [0.4, 0.5) is 0 Å². The summed E-state index contributed by atoms with van der Waals surface area (Å²) in [7, 11) is 1.29. The van der Waals surface area contributed by atoms with Gasteiger partial charge in [0, 0.05) is 10.8 Å². The van der Waals surface area contributed by atoms with E-state index in [0.717, 1.165) is 0 Å². The Kier molecular flexibility index (Phi) is 2.40. The highest BCUT2D eigenvalue weighted by atomic mass is 16.5. The Morgan fingerprint density at radius 3 is 2.31 bits per heavy atom. The number of carbonyl (C=O) groups is 1. The minimum Gasteiger partial charge on any atom is -0.507 e. The van der Waals surface area contributed by atoms with Gasteiger partial charge in [0.15, 0.2) is 0 Å². The maximum absolute atomic E-state index is 11.3. The summed E-state index contributed by atoms with van der Waals surface area (Å²) in [6.45, 7) is 0. The maximum Gasteiger partial charge on any atom is 0.337 e. The van der Waals surface area contributed by atoms with Crippen LogP contribution < -0.4 is 0 Å². The fourth-order valence-corrected chi connectivity index (χ4v) is 1.56. The van der Waals surface area contributed by atoms with E-state index < -0.39 is 5.97 Å².